The number of benzene rings is 1. The highest BCUT2D eigenvalue weighted by atomic mass is 32.2. The molecule has 0 spiro atoms. The number of methoxy groups -OCH3 is 2. The third-order valence-electron chi connectivity index (χ3n) is 4.10. The number of ether oxygens (including phenoxy) is 2. The van der Waals surface area contributed by atoms with Gasteiger partial charge in [-0.3, -0.25) is 4.79 Å². The van der Waals surface area contributed by atoms with Gasteiger partial charge in [-0.2, -0.15) is 0 Å². The quantitative estimate of drug-likeness (QED) is 0.832. The molecule has 3 rings (SSSR count). The highest BCUT2D eigenvalue weighted by Gasteiger charge is 2.33. The van der Waals surface area contributed by atoms with Crippen molar-refractivity contribution >= 4 is 17.7 Å². The molecule has 1 saturated heterocycles. The van der Waals surface area contributed by atoms with Crippen molar-refractivity contribution in [2.45, 2.75) is 18.3 Å². The molecule has 1 aliphatic heterocycles. The van der Waals surface area contributed by atoms with Crippen LogP contribution in [0.25, 0.3) is 0 Å². The van der Waals surface area contributed by atoms with Gasteiger partial charge in [0, 0.05) is 37.2 Å². The summed E-state index contributed by atoms with van der Waals surface area (Å²) in [6, 6.07) is 5.72. The summed E-state index contributed by atoms with van der Waals surface area (Å²) in [7, 11) is 5.18. The molecule has 1 fully saturated rings. The molecule has 0 radical (unpaired) electrons. The Labute approximate surface area is 145 Å². The molecular weight excluding hydrogens is 326 g/mol. The number of aromatic nitrogens is 2. The van der Waals surface area contributed by atoms with E-state index in [0.717, 1.165) is 17.1 Å². The fourth-order valence-corrected chi connectivity index (χ4v) is 4.15. The topological polar surface area (TPSA) is 56.6 Å². The maximum atomic E-state index is 12.6. The van der Waals surface area contributed by atoms with Crippen molar-refractivity contribution in [1.29, 1.82) is 0 Å². The van der Waals surface area contributed by atoms with Crippen molar-refractivity contribution in [1.82, 2.24) is 14.5 Å². The molecule has 0 N–H and O–H groups in total. The van der Waals surface area contributed by atoms with E-state index in [2.05, 4.69) is 4.98 Å². The van der Waals surface area contributed by atoms with Crippen molar-refractivity contribution in [2.75, 3.05) is 20.0 Å². The molecule has 1 aromatic heterocycles. The maximum Gasteiger partial charge on any atom is 0.224 e. The predicted molar refractivity (Wildman–Crippen MR) is 93.1 cm³/mol. The van der Waals surface area contributed by atoms with Crippen LogP contribution in [0.4, 0.5) is 0 Å². The molecule has 1 atom stereocenters. The average Bonchev–Trinajstić information content (AvgIpc) is 3.02. The normalized spacial score (nSPS) is 17.9. The van der Waals surface area contributed by atoms with Crippen molar-refractivity contribution < 1.29 is 14.3 Å². The third-order valence-corrected chi connectivity index (χ3v) is 5.32. The lowest BCUT2D eigenvalue weighted by atomic mass is 10.1. The molecule has 1 unspecified atom stereocenters. The van der Waals surface area contributed by atoms with Crippen molar-refractivity contribution in [3.8, 4) is 11.5 Å². The number of hydrogen-bond donors (Lipinski definition) is 0. The van der Waals surface area contributed by atoms with Gasteiger partial charge in [0.2, 0.25) is 5.91 Å². The molecule has 6 nitrogen and oxygen atoms in total. The van der Waals surface area contributed by atoms with Gasteiger partial charge < -0.3 is 18.9 Å². The van der Waals surface area contributed by atoms with Crippen LogP contribution < -0.4 is 9.47 Å². The lowest BCUT2D eigenvalue weighted by Gasteiger charge is -2.35. The summed E-state index contributed by atoms with van der Waals surface area (Å²) in [5.41, 5.74) is 0.923. The number of carbonyl (C=O) groups excluding carboxylic acids is 1. The van der Waals surface area contributed by atoms with Crippen molar-refractivity contribution in [2.24, 2.45) is 7.05 Å². The van der Waals surface area contributed by atoms with E-state index in [9.17, 15) is 4.79 Å². The van der Waals surface area contributed by atoms with Gasteiger partial charge in [-0.05, 0) is 6.07 Å². The van der Waals surface area contributed by atoms with Gasteiger partial charge in [0.15, 0.2) is 11.5 Å². The van der Waals surface area contributed by atoms with E-state index in [1.54, 1.807) is 32.2 Å². The number of carbonyl (C=O) groups is 1. The molecule has 0 aliphatic carbocycles. The highest BCUT2D eigenvalue weighted by molar-refractivity contribution is 7.99. The molecule has 1 aliphatic rings. The molecule has 0 saturated carbocycles. The van der Waals surface area contributed by atoms with Crippen LogP contribution in [0.2, 0.25) is 0 Å². The number of amides is 1. The van der Waals surface area contributed by atoms with Gasteiger partial charge in [-0.1, -0.05) is 12.1 Å². The molecule has 1 aromatic carbocycles. The third kappa shape index (κ3) is 3.08. The number of aryl methyl sites for hydroxylation is 1. The molecule has 7 heteroatoms. The zero-order valence-electron chi connectivity index (χ0n) is 14.1. The molecule has 128 valence electrons. The lowest BCUT2D eigenvalue weighted by molar-refractivity contribution is -0.132. The van der Waals surface area contributed by atoms with E-state index >= 15 is 0 Å². The first-order chi connectivity index (χ1) is 11.7. The SMILES string of the molecule is COc1cccc(CN2C(=O)CCSC2c2nccn2C)c1OC. The van der Waals surface area contributed by atoms with Crippen molar-refractivity contribution in [3.63, 3.8) is 0 Å². The van der Waals surface area contributed by atoms with Crippen LogP contribution in [-0.4, -0.2) is 40.3 Å². The van der Waals surface area contributed by atoms with Gasteiger partial charge in [-0.25, -0.2) is 4.98 Å². The summed E-state index contributed by atoms with van der Waals surface area (Å²) in [5, 5.41) is -0.0952. The number of thioether (sulfide) groups is 1. The second-order valence-electron chi connectivity index (χ2n) is 5.54. The Kier molecular flexibility index (Phi) is 4.99. The maximum absolute atomic E-state index is 12.6. The number of nitrogens with zero attached hydrogens (tertiary/aromatic N) is 3. The van der Waals surface area contributed by atoms with Crippen LogP contribution in [0.1, 0.15) is 23.2 Å². The first-order valence-electron chi connectivity index (χ1n) is 7.74. The van der Waals surface area contributed by atoms with E-state index in [1.165, 1.54) is 0 Å². The first kappa shape index (κ1) is 16.7. The predicted octanol–water partition coefficient (Wildman–Crippen LogP) is 2.60. The molecular formula is C17H21N3O3S. The molecule has 2 heterocycles. The largest absolute Gasteiger partial charge is 0.493 e. The molecule has 24 heavy (non-hydrogen) atoms. The second-order valence-corrected chi connectivity index (χ2v) is 6.73. The average molecular weight is 347 g/mol. The summed E-state index contributed by atoms with van der Waals surface area (Å²) in [5.74, 6) is 3.16. The van der Waals surface area contributed by atoms with Gasteiger partial charge in [-0.15, -0.1) is 11.8 Å². The van der Waals surface area contributed by atoms with Crippen LogP contribution in [0.3, 0.4) is 0 Å². The lowest BCUT2D eigenvalue weighted by Crippen LogP contribution is -2.37. The Balaban J connectivity index is 1.94. The number of rotatable bonds is 5. The summed E-state index contributed by atoms with van der Waals surface area (Å²) < 4.78 is 12.8. The summed E-state index contributed by atoms with van der Waals surface area (Å²) in [4.78, 5) is 18.9. The van der Waals surface area contributed by atoms with E-state index < -0.39 is 0 Å². The van der Waals surface area contributed by atoms with E-state index in [-0.39, 0.29) is 11.3 Å². The monoisotopic (exact) mass is 347 g/mol. The van der Waals surface area contributed by atoms with Crippen LogP contribution in [0.5, 0.6) is 11.5 Å². The minimum Gasteiger partial charge on any atom is -0.493 e. The molecule has 0 bridgehead atoms. The number of para-hydroxylation sites is 1. The van der Waals surface area contributed by atoms with E-state index in [1.807, 2.05) is 40.9 Å². The van der Waals surface area contributed by atoms with Crippen LogP contribution in [0.15, 0.2) is 30.6 Å². The van der Waals surface area contributed by atoms with E-state index in [4.69, 9.17) is 9.47 Å². The number of hydrogen-bond acceptors (Lipinski definition) is 5. The summed E-state index contributed by atoms with van der Waals surface area (Å²) in [6.45, 7) is 0.462. The zero-order valence-corrected chi connectivity index (χ0v) is 14.9. The van der Waals surface area contributed by atoms with Gasteiger partial charge in [0.05, 0.1) is 20.8 Å². The molecule has 2 aromatic rings. The Morgan fingerprint density at radius 1 is 1.33 bits per heavy atom. The Hall–Kier alpha value is -2.15. The Morgan fingerprint density at radius 3 is 2.83 bits per heavy atom. The minimum absolute atomic E-state index is 0.0952. The van der Waals surface area contributed by atoms with Gasteiger partial charge in [0.1, 0.15) is 11.2 Å². The van der Waals surface area contributed by atoms with Crippen LogP contribution in [-0.2, 0) is 18.4 Å². The fraction of sp³-hybridized carbons (Fsp3) is 0.412. The number of imidazole rings is 1. The Bertz CT molecular complexity index is 732. The first-order valence-corrected chi connectivity index (χ1v) is 8.78. The zero-order chi connectivity index (χ0) is 17.1. The van der Waals surface area contributed by atoms with Gasteiger partial charge in [0.25, 0.3) is 0 Å². The standard InChI is InChI=1S/C17H21N3O3S/c1-19-9-8-18-16(19)17-20(14(21)7-10-24-17)11-12-5-4-6-13(22-2)15(12)23-3/h4-6,8-9,17H,7,10-11H2,1-3H3. The molecule has 1 amide bonds. The second kappa shape index (κ2) is 7.17. The highest BCUT2D eigenvalue weighted by Crippen LogP contribution is 2.39. The van der Waals surface area contributed by atoms with E-state index in [0.29, 0.717) is 24.5 Å². The van der Waals surface area contributed by atoms with Crippen LogP contribution >= 0.6 is 11.8 Å². The van der Waals surface area contributed by atoms with Gasteiger partial charge >= 0.3 is 0 Å². The van der Waals surface area contributed by atoms with Crippen molar-refractivity contribution in [3.05, 3.63) is 42.0 Å². The minimum atomic E-state index is -0.0952. The summed E-state index contributed by atoms with van der Waals surface area (Å²) >= 11 is 1.74. The smallest absolute Gasteiger partial charge is 0.224 e. The van der Waals surface area contributed by atoms with Crippen LogP contribution in [0, 0.1) is 0 Å². The summed E-state index contributed by atoms with van der Waals surface area (Å²) in [6.07, 6.45) is 4.20. The Morgan fingerprint density at radius 2 is 2.17 bits per heavy atom. The fourth-order valence-electron chi connectivity index (χ4n) is 2.88.